The predicted molar refractivity (Wildman–Crippen MR) is 139 cm³/mol. The van der Waals surface area contributed by atoms with Gasteiger partial charge in [0.05, 0.1) is 18.4 Å². The van der Waals surface area contributed by atoms with Crippen molar-refractivity contribution in [1.29, 1.82) is 0 Å². The fourth-order valence-corrected chi connectivity index (χ4v) is 4.33. The monoisotopic (exact) mass is 536 g/mol. The summed E-state index contributed by atoms with van der Waals surface area (Å²) in [7, 11) is 0. The van der Waals surface area contributed by atoms with Crippen molar-refractivity contribution in [1.82, 2.24) is 10.6 Å². The van der Waals surface area contributed by atoms with Gasteiger partial charge in [-0.3, -0.25) is 14.4 Å². The molecule has 0 radical (unpaired) electrons. The summed E-state index contributed by atoms with van der Waals surface area (Å²) in [6, 6.07) is 16.9. The largest absolute Gasteiger partial charge is 0.481 e. The van der Waals surface area contributed by atoms with Crippen molar-refractivity contribution in [2.24, 2.45) is 5.92 Å². The number of hydrogen-bond acceptors (Lipinski definition) is 4. The van der Waals surface area contributed by atoms with Gasteiger partial charge < -0.3 is 26.0 Å². The van der Waals surface area contributed by atoms with Crippen molar-refractivity contribution in [3.05, 3.63) is 95.6 Å². The van der Waals surface area contributed by atoms with Crippen LogP contribution >= 0.6 is 0 Å². The number of aliphatic carboxylic acids is 1. The molecule has 11 heteroatoms. The van der Waals surface area contributed by atoms with Crippen molar-refractivity contribution in [2.75, 3.05) is 16.8 Å². The van der Waals surface area contributed by atoms with Gasteiger partial charge in [0.2, 0.25) is 11.8 Å². The molecule has 9 nitrogen and oxygen atoms in total. The van der Waals surface area contributed by atoms with E-state index in [0.717, 1.165) is 17.7 Å². The number of nitrogens with one attached hydrogen (secondary N) is 3. The highest BCUT2D eigenvalue weighted by Gasteiger charge is 2.36. The molecule has 1 fully saturated rings. The van der Waals surface area contributed by atoms with E-state index >= 15 is 0 Å². The molecule has 0 aliphatic carbocycles. The lowest BCUT2D eigenvalue weighted by molar-refractivity contribution is -0.138. The molecule has 4 amide bonds. The van der Waals surface area contributed by atoms with Crippen LogP contribution in [-0.2, 0) is 20.9 Å². The zero-order valence-corrected chi connectivity index (χ0v) is 20.7. The van der Waals surface area contributed by atoms with Crippen LogP contribution in [-0.4, -0.2) is 35.5 Å². The summed E-state index contributed by atoms with van der Waals surface area (Å²) >= 11 is 0. The second kappa shape index (κ2) is 12.2. The number of anilines is 2. The average molecular weight is 537 g/mol. The second-order valence-corrected chi connectivity index (χ2v) is 9.11. The molecule has 0 aromatic heterocycles. The van der Waals surface area contributed by atoms with E-state index < -0.39 is 47.9 Å². The highest BCUT2D eigenvalue weighted by molar-refractivity contribution is 6.01. The maximum atomic E-state index is 13.7. The highest BCUT2D eigenvalue weighted by atomic mass is 19.1. The molecule has 1 heterocycles. The minimum atomic E-state index is -1.27. The molecule has 0 spiro atoms. The van der Waals surface area contributed by atoms with E-state index in [1.165, 1.54) is 4.90 Å². The molecule has 39 heavy (non-hydrogen) atoms. The van der Waals surface area contributed by atoms with Gasteiger partial charge in [-0.25, -0.2) is 13.6 Å². The smallest absolute Gasteiger partial charge is 0.319 e. The number of rotatable bonds is 9. The molecule has 1 aliphatic heterocycles. The van der Waals surface area contributed by atoms with Crippen LogP contribution in [0.3, 0.4) is 0 Å². The molecule has 0 saturated carbocycles. The Labute approximate surface area is 222 Å². The Balaban J connectivity index is 1.39. The van der Waals surface area contributed by atoms with Gasteiger partial charge in [-0.2, -0.15) is 0 Å². The Hall–Kier alpha value is -4.80. The summed E-state index contributed by atoms with van der Waals surface area (Å²) in [4.78, 5) is 50.8. The number of carboxylic acid groups (broad SMARTS) is 1. The minimum Gasteiger partial charge on any atom is -0.481 e. The first-order valence-electron chi connectivity index (χ1n) is 12.2. The van der Waals surface area contributed by atoms with Crippen molar-refractivity contribution < 1.29 is 33.1 Å². The summed E-state index contributed by atoms with van der Waals surface area (Å²) < 4.78 is 27.4. The van der Waals surface area contributed by atoms with E-state index in [2.05, 4.69) is 16.0 Å². The Morgan fingerprint density at radius 3 is 2.38 bits per heavy atom. The fraction of sp³-hybridized carbons (Fsp3) is 0.214. The van der Waals surface area contributed by atoms with Crippen molar-refractivity contribution in [3.63, 3.8) is 0 Å². The first kappa shape index (κ1) is 27.2. The molecule has 3 aromatic rings. The van der Waals surface area contributed by atoms with Gasteiger partial charge in [0.25, 0.3) is 0 Å². The third-order valence-corrected chi connectivity index (χ3v) is 6.19. The first-order valence-corrected chi connectivity index (χ1v) is 12.2. The molecule has 2 atom stereocenters. The summed E-state index contributed by atoms with van der Waals surface area (Å²) in [5.41, 5.74) is 1.80. The lowest BCUT2D eigenvalue weighted by atomic mass is 10.0. The number of nitrogens with zero attached hydrogens (tertiary/aromatic N) is 1. The van der Waals surface area contributed by atoms with E-state index in [0.29, 0.717) is 24.0 Å². The van der Waals surface area contributed by atoms with Gasteiger partial charge in [0.1, 0.15) is 11.6 Å². The molecule has 2 unspecified atom stereocenters. The maximum Gasteiger partial charge on any atom is 0.319 e. The third-order valence-electron chi connectivity index (χ3n) is 6.19. The first-order chi connectivity index (χ1) is 18.7. The number of benzene rings is 3. The topological polar surface area (TPSA) is 128 Å². The molecular weight excluding hydrogens is 510 g/mol. The number of carbonyl (C=O) groups excluding carboxylic acids is 3. The Kier molecular flexibility index (Phi) is 8.50. The number of urea groups is 1. The van der Waals surface area contributed by atoms with Crippen LogP contribution in [0.4, 0.5) is 25.0 Å². The molecular formula is C28H26F2N4O5. The maximum absolute atomic E-state index is 13.7. The van der Waals surface area contributed by atoms with Gasteiger partial charge >= 0.3 is 12.0 Å². The van der Waals surface area contributed by atoms with Crippen LogP contribution in [0.2, 0.25) is 0 Å². The summed E-state index contributed by atoms with van der Waals surface area (Å²) in [5.74, 6) is -4.86. The van der Waals surface area contributed by atoms with Gasteiger partial charge in [-0.05, 0) is 41.5 Å². The molecule has 0 bridgehead atoms. The van der Waals surface area contributed by atoms with Crippen molar-refractivity contribution in [2.45, 2.75) is 25.4 Å². The lowest BCUT2D eigenvalue weighted by Gasteiger charge is -2.21. The van der Waals surface area contributed by atoms with E-state index in [-0.39, 0.29) is 24.4 Å². The quantitative estimate of drug-likeness (QED) is 0.329. The van der Waals surface area contributed by atoms with Crippen LogP contribution < -0.4 is 20.9 Å². The number of hydrogen-bond donors (Lipinski definition) is 4. The SMILES string of the molecule is O=C(O)CC(NC(=O)C1CC(=O)N(c2cccc(NC(=O)NCc3ccccc3)c2)C1)c1cc(F)cc(F)c1. The van der Waals surface area contributed by atoms with E-state index in [4.69, 9.17) is 0 Å². The van der Waals surface area contributed by atoms with Crippen LogP contribution in [0.15, 0.2) is 72.8 Å². The predicted octanol–water partition coefficient (Wildman–Crippen LogP) is 3.97. The summed E-state index contributed by atoms with van der Waals surface area (Å²) in [6.07, 6.45) is -0.739. The molecule has 202 valence electrons. The molecule has 3 aromatic carbocycles. The third kappa shape index (κ3) is 7.37. The van der Waals surface area contributed by atoms with Gasteiger partial charge in [0, 0.05) is 37.0 Å². The lowest BCUT2D eigenvalue weighted by Crippen LogP contribution is -2.36. The van der Waals surface area contributed by atoms with Crippen molar-refractivity contribution >= 4 is 35.2 Å². The average Bonchev–Trinajstić information content (AvgIpc) is 3.29. The second-order valence-electron chi connectivity index (χ2n) is 9.11. The van der Waals surface area contributed by atoms with Gasteiger partial charge in [-0.1, -0.05) is 36.4 Å². The van der Waals surface area contributed by atoms with Crippen LogP contribution in [0.5, 0.6) is 0 Å². The zero-order chi connectivity index (χ0) is 27.9. The van der Waals surface area contributed by atoms with Gasteiger partial charge in [0.15, 0.2) is 0 Å². The van der Waals surface area contributed by atoms with Crippen LogP contribution in [0.1, 0.15) is 30.0 Å². The normalized spacial score (nSPS) is 15.5. The van der Waals surface area contributed by atoms with Crippen LogP contribution in [0, 0.1) is 17.6 Å². The summed E-state index contributed by atoms with van der Waals surface area (Å²) in [6.45, 7) is 0.338. The Morgan fingerprint density at radius 2 is 1.69 bits per heavy atom. The van der Waals surface area contributed by atoms with E-state index in [1.807, 2.05) is 30.3 Å². The van der Waals surface area contributed by atoms with Gasteiger partial charge in [-0.15, -0.1) is 0 Å². The Morgan fingerprint density at radius 1 is 0.974 bits per heavy atom. The highest BCUT2D eigenvalue weighted by Crippen LogP contribution is 2.28. The van der Waals surface area contributed by atoms with E-state index in [9.17, 15) is 33.1 Å². The molecule has 1 aliphatic rings. The standard InChI is InChI=1S/C28H26F2N4O5/c29-20-9-18(10-21(30)12-20)24(14-26(36)37)33-27(38)19-11-25(35)34(16-19)23-8-4-7-22(13-23)32-28(39)31-15-17-5-2-1-3-6-17/h1-10,12-13,19,24H,11,14-16H2,(H,33,38)(H,36,37)(H2,31,32,39). The molecule has 4 N–H and O–H groups in total. The Bertz CT molecular complexity index is 1370. The van der Waals surface area contributed by atoms with E-state index in [1.54, 1.807) is 24.3 Å². The number of halogens is 2. The van der Waals surface area contributed by atoms with Crippen LogP contribution in [0.25, 0.3) is 0 Å². The number of carboxylic acids is 1. The summed E-state index contributed by atoms with van der Waals surface area (Å²) in [5, 5.41) is 17.2. The fourth-order valence-electron chi connectivity index (χ4n) is 4.33. The zero-order valence-electron chi connectivity index (χ0n) is 20.7. The van der Waals surface area contributed by atoms with Crippen molar-refractivity contribution in [3.8, 4) is 0 Å². The number of carbonyl (C=O) groups is 4. The number of amides is 4. The molecule has 4 rings (SSSR count). The minimum absolute atomic E-state index is 0.00558. The molecule has 1 saturated heterocycles.